The van der Waals surface area contributed by atoms with Crippen LogP contribution in [0.1, 0.15) is 11.1 Å². The number of nitrogens with two attached hydrogens (primary N) is 2. The topological polar surface area (TPSA) is 98.6 Å². The Morgan fingerprint density at radius 1 is 1.53 bits per heavy atom. The molecule has 0 radical (unpaired) electrons. The van der Waals surface area contributed by atoms with E-state index in [4.69, 9.17) is 21.3 Å². The molecule has 0 aromatic heterocycles. The maximum Gasteiger partial charge on any atom is 0.307 e. The summed E-state index contributed by atoms with van der Waals surface area (Å²) in [5, 5.41) is 8.71. The van der Waals surface area contributed by atoms with Crippen LogP contribution in [0.25, 0.3) is 0 Å². The van der Waals surface area contributed by atoms with E-state index in [1.807, 2.05) is 0 Å². The number of nitrogen functional groups attached to an aromatic ring is 1. The molecule has 0 amide bonds. The molecule has 1 aromatic carbocycles. The van der Waals surface area contributed by atoms with Crippen molar-refractivity contribution in [2.75, 3.05) is 12.8 Å². The normalized spacial score (nSPS) is 10.0. The van der Waals surface area contributed by atoms with Crippen molar-refractivity contribution >= 4 is 11.7 Å². The molecule has 0 heterocycles. The number of benzene rings is 1. The third kappa shape index (κ3) is 2.60. The fourth-order valence-corrected chi connectivity index (χ4v) is 1.44. The van der Waals surface area contributed by atoms with Crippen LogP contribution in [0.5, 0.6) is 5.75 Å². The lowest BCUT2D eigenvalue weighted by atomic mass is 10.1. The van der Waals surface area contributed by atoms with Crippen molar-refractivity contribution in [3.8, 4) is 5.75 Å². The highest BCUT2D eigenvalue weighted by Gasteiger charge is 2.11. The second-order valence-electron chi connectivity index (χ2n) is 3.15. The summed E-state index contributed by atoms with van der Waals surface area (Å²) in [7, 11) is 1.46. The minimum Gasteiger partial charge on any atom is -0.494 e. The molecule has 0 aliphatic rings. The van der Waals surface area contributed by atoms with Crippen molar-refractivity contribution in [2.24, 2.45) is 5.73 Å². The number of carboxylic acids is 1. The highest BCUT2D eigenvalue weighted by atomic mass is 16.5. The molecule has 5 nitrogen and oxygen atoms in total. The molecule has 0 saturated carbocycles. The molecule has 82 valence electrons. The van der Waals surface area contributed by atoms with Crippen molar-refractivity contribution in [3.05, 3.63) is 23.3 Å². The summed E-state index contributed by atoms with van der Waals surface area (Å²) in [5.41, 5.74) is 12.9. The van der Waals surface area contributed by atoms with E-state index in [9.17, 15) is 4.79 Å². The van der Waals surface area contributed by atoms with Crippen LogP contribution < -0.4 is 16.2 Å². The first-order valence-corrected chi connectivity index (χ1v) is 4.45. The SMILES string of the molecule is COc1c(N)cc(CN)cc1CC(=O)O. The molecule has 0 aliphatic carbocycles. The number of hydrogen-bond donors (Lipinski definition) is 3. The monoisotopic (exact) mass is 210 g/mol. The van der Waals surface area contributed by atoms with Gasteiger partial charge in [-0.1, -0.05) is 6.07 Å². The molecule has 5 heteroatoms. The minimum atomic E-state index is -0.929. The Morgan fingerprint density at radius 3 is 2.67 bits per heavy atom. The molecule has 5 N–H and O–H groups in total. The van der Waals surface area contributed by atoms with Crippen LogP contribution in [0.15, 0.2) is 12.1 Å². The van der Waals surface area contributed by atoms with Gasteiger partial charge in [-0.15, -0.1) is 0 Å². The Morgan fingerprint density at radius 2 is 2.20 bits per heavy atom. The summed E-state index contributed by atoms with van der Waals surface area (Å²) < 4.78 is 5.05. The highest BCUT2D eigenvalue weighted by Crippen LogP contribution is 2.28. The van der Waals surface area contributed by atoms with Gasteiger partial charge in [0.1, 0.15) is 5.75 Å². The number of hydrogen-bond acceptors (Lipinski definition) is 4. The summed E-state index contributed by atoms with van der Waals surface area (Å²) in [4.78, 5) is 10.6. The lowest BCUT2D eigenvalue weighted by molar-refractivity contribution is -0.136. The van der Waals surface area contributed by atoms with E-state index in [1.54, 1.807) is 12.1 Å². The fraction of sp³-hybridized carbons (Fsp3) is 0.300. The van der Waals surface area contributed by atoms with Crippen LogP contribution in [0, 0.1) is 0 Å². The first kappa shape index (κ1) is 11.3. The van der Waals surface area contributed by atoms with Gasteiger partial charge >= 0.3 is 5.97 Å². The van der Waals surface area contributed by atoms with Crippen molar-refractivity contribution in [3.63, 3.8) is 0 Å². The van der Waals surface area contributed by atoms with E-state index in [0.29, 0.717) is 23.5 Å². The summed E-state index contributed by atoms with van der Waals surface area (Å²) in [6, 6.07) is 3.38. The summed E-state index contributed by atoms with van der Waals surface area (Å²) in [6.07, 6.45) is -0.124. The van der Waals surface area contributed by atoms with Crippen LogP contribution in [-0.4, -0.2) is 18.2 Å². The summed E-state index contributed by atoms with van der Waals surface area (Å²) in [5.74, 6) is -0.517. The summed E-state index contributed by atoms with van der Waals surface area (Å²) in [6.45, 7) is 0.320. The highest BCUT2D eigenvalue weighted by molar-refractivity contribution is 5.73. The van der Waals surface area contributed by atoms with E-state index < -0.39 is 5.97 Å². The molecule has 0 aliphatic heterocycles. The first-order chi connectivity index (χ1) is 7.08. The van der Waals surface area contributed by atoms with Crippen LogP contribution in [0.3, 0.4) is 0 Å². The van der Waals surface area contributed by atoms with Gasteiger partial charge in [0.25, 0.3) is 0 Å². The summed E-state index contributed by atoms with van der Waals surface area (Å²) >= 11 is 0. The van der Waals surface area contributed by atoms with Gasteiger partial charge in [-0.25, -0.2) is 0 Å². The van der Waals surface area contributed by atoms with Crippen molar-refractivity contribution in [1.29, 1.82) is 0 Å². The molecule has 0 spiro atoms. The number of rotatable bonds is 4. The van der Waals surface area contributed by atoms with Gasteiger partial charge in [0.2, 0.25) is 0 Å². The van der Waals surface area contributed by atoms with Gasteiger partial charge in [0.15, 0.2) is 0 Å². The van der Waals surface area contributed by atoms with Crippen molar-refractivity contribution in [1.82, 2.24) is 0 Å². The zero-order valence-electron chi connectivity index (χ0n) is 8.49. The number of carboxylic acid groups (broad SMARTS) is 1. The van der Waals surface area contributed by atoms with E-state index in [-0.39, 0.29) is 6.42 Å². The van der Waals surface area contributed by atoms with Gasteiger partial charge in [-0.05, 0) is 11.6 Å². The van der Waals surface area contributed by atoms with Crippen LogP contribution in [0.2, 0.25) is 0 Å². The molecule has 0 atom stereocenters. The average molecular weight is 210 g/mol. The molecular weight excluding hydrogens is 196 g/mol. The Kier molecular flexibility index (Phi) is 3.51. The van der Waals surface area contributed by atoms with E-state index in [0.717, 1.165) is 5.56 Å². The Balaban J connectivity index is 3.19. The Bertz CT molecular complexity index is 377. The van der Waals surface area contributed by atoms with Gasteiger partial charge in [0, 0.05) is 12.1 Å². The predicted molar refractivity (Wildman–Crippen MR) is 56.6 cm³/mol. The molecule has 0 unspecified atom stereocenters. The lowest BCUT2D eigenvalue weighted by Crippen LogP contribution is -2.07. The maximum atomic E-state index is 10.6. The lowest BCUT2D eigenvalue weighted by Gasteiger charge is -2.11. The number of carbonyl (C=O) groups is 1. The van der Waals surface area contributed by atoms with E-state index in [2.05, 4.69) is 0 Å². The molecule has 1 rings (SSSR count). The smallest absolute Gasteiger partial charge is 0.307 e. The predicted octanol–water partition coefficient (Wildman–Crippen LogP) is 0.363. The Labute approximate surface area is 87.6 Å². The maximum absolute atomic E-state index is 10.6. The molecule has 15 heavy (non-hydrogen) atoms. The van der Waals surface area contributed by atoms with E-state index in [1.165, 1.54) is 7.11 Å². The number of ether oxygens (including phenoxy) is 1. The van der Waals surface area contributed by atoms with Gasteiger partial charge in [0.05, 0.1) is 19.2 Å². The Hall–Kier alpha value is -1.75. The largest absolute Gasteiger partial charge is 0.494 e. The first-order valence-electron chi connectivity index (χ1n) is 4.45. The van der Waals surface area contributed by atoms with Gasteiger partial charge in [-0.3, -0.25) is 4.79 Å². The zero-order valence-corrected chi connectivity index (χ0v) is 8.49. The third-order valence-electron chi connectivity index (χ3n) is 2.04. The molecule has 1 aromatic rings. The van der Waals surface area contributed by atoms with Crippen LogP contribution in [-0.2, 0) is 17.8 Å². The number of aliphatic carboxylic acids is 1. The van der Waals surface area contributed by atoms with E-state index >= 15 is 0 Å². The van der Waals surface area contributed by atoms with Gasteiger partial charge in [-0.2, -0.15) is 0 Å². The fourth-order valence-electron chi connectivity index (χ4n) is 1.44. The zero-order chi connectivity index (χ0) is 11.4. The number of anilines is 1. The van der Waals surface area contributed by atoms with Crippen LogP contribution >= 0.6 is 0 Å². The second-order valence-corrected chi connectivity index (χ2v) is 3.15. The average Bonchev–Trinajstić information content (AvgIpc) is 2.16. The van der Waals surface area contributed by atoms with Crippen molar-refractivity contribution in [2.45, 2.75) is 13.0 Å². The quantitative estimate of drug-likeness (QED) is 0.623. The van der Waals surface area contributed by atoms with Crippen LogP contribution in [0.4, 0.5) is 5.69 Å². The second kappa shape index (κ2) is 4.65. The van der Waals surface area contributed by atoms with Gasteiger partial charge < -0.3 is 21.3 Å². The van der Waals surface area contributed by atoms with Crippen molar-refractivity contribution < 1.29 is 14.6 Å². The molecular formula is C10H14N2O3. The standard InChI is InChI=1S/C10H14N2O3/c1-15-10-7(4-9(13)14)2-6(5-11)3-8(10)12/h2-3H,4-5,11-12H2,1H3,(H,13,14). The minimum absolute atomic E-state index is 0.124. The molecule has 0 fully saturated rings. The molecule has 0 saturated heterocycles. The molecule has 0 bridgehead atoms. The number of methoxy groups -OCH3 is 1. The third-order valence-corrected chi connectivity index (χ3v) is 2.04.